The van der Waals surface area contributed by atoms with Gasteiger partial charge in [0.2, 0.25) is 0 Å². The molecule has 0 fully saturated rings. The summed E-state index contributed by atoms with van der Waals surface area (Å²) in [5, 5.41) is 15.1. The summed E-state index contributed by atoms with van der Waals surface area (Å²) in [6.07, 6.45) is 20.5. The van der Waals surface area contributed by atoms with Crippen LogP contribution >= 0.6 is 0 Å². The summed E-state index contributed by atoms with van der Waals surface area (Å²) in [6, 6.07) is 57.0. The third-order valence-corrected chi connectivity index (χ3v) is 13.6. The van der Waals surface area contributed by atoms with Crippen LogP contribution in [0.2, 0.25) is 0 Å². The van der Waals surface area contributed by atoms with Gasteiger partial charge in [0.1, 0.15) is 17.7 Å². The zero-order chi connectivity index (χ0) is 48.8. The second-order valence-electron chi connectivity index (χ2n) is 18.4. The van der Waals surface area contributed by atoms with E-state index in [2.05, 4.69) is 194 Å². The minimum absolute atomic E-state index is 0.444. The van der Waals surface area contributed by atoms with Crippen molar-refractivity contribution in [1.29, 1.82) is 0 Å². The van der Waals surface area contributed by atoms with Crippen molar-refractivity contribution < 1.29 is 4.42 Å². The van der Waals surface area contributed by atoms with Crippen LogP contribution in [0, 0.1) is 6.92 Å². The van der Waals surface area contributed by atoms with E-state index < -0.39 is 6.17 Å². The van der Waals surface area contributed by atoms with Gasteiger partial charge in [0, 0.05) is 23.6 Å². The van der Waals surface area contributed by atoms with E-state index in [1.54, 1.807) is 0 Å². The van der Waals surface area contributed by atoms with Gasteiger partial charge in [-0.25, -0.2) is 0 Å². The third-order valence-electron chi connectivity index (χ3n) is 13.6. The second kappa shape index (κ2) is 20.7. The Morgan fingerprint density at radius 1 is 0.563 bits per heavy atom. The standard InChI is InChI=1S/C52H36N2O.C8H13N.C7H8/c1-54-52(53)37-13-9-12-33(27-37)31-10-8-11-32(26-31)34-20-23-40-38-14-2-3-15-39(38)41-24-21-36(30-47(41)46(40)29-34)35-22-25-42-43-16-4-6-18-48-50(43)51-44(45(42)28-35)17-5-7-19-49(51)55-48;1-4-5-6-8(2)7-9-3;1-7-5-3-2-4-6-7/h2-17,20-30,52H,1,18-19,53H2;4-6H,3,7H2,1-2H3;2-6H,1H3/b;5-4-,8-6+;. The normalized spacial score (nSPS) is 13.2. The topological polar surface area (TPSA) is 63.9 Å². The van der Waals surface area contributed by atoms with Crippen molar-refractivity contribution in [2.45, 2.75) is 39.8 Å². The van der Waals surface area contributed by atoms with Gasteiger partial charge < -0.3 is 10.2 Å². The van der Waals surface area contributed by atoms with Gasteiger partial charge in [-0.3, -0.25) is 9.98 Å². The lowest BCUT2D eigenvalue weighted by Crippen LogP contribution is -2.14. The minimum atomic E-state index is -0.444. The number of allylic oxidation sites excluding steroid dienone is 7. The molecule has 346 valence electrons. The molecule has 0 saturated carbocycles. The van der Waals surface area contributed by atoms with Gasteiger partial charge in [-0.1, -0.05) is 193 Å². The molecule has 0 radical (unpaired) electrons. The minimum Gasteiger partial charge on any atom is -0.464 e. The lowest BCUT2D eigenvalue weighted by atomic mass is 9.89. The summed E-state index contributed by atoms with van der Waals surface area (Å²) in [5.74, 6) is 2.14. The SMILES string of the molecule is C=NC(N)c1cccc(-c2cccc(-c3ccc4c5ccccc5c5ccc(-c6ccc7c8c9c(oc%10c9c(c7c6)=CC=CC%10)CC=CC=8)cc5c4c3)c2)c1.C=NC/C(C)=C/C=C\C.Cc1ccccc1. The summed E-state index contributed by atoms with van der Waals surface area (Å²) >= 11 is 0. The molecular weight excluding hydrogens is 863 g/mol. The van der Waals surface area contributed by atoms with Crippen molar-refractivity contribution in [1.82, 2.24) is 0 Å². The first-order valence-corrected chi connectivity index (χ1v) is 24.4. The van der Waals surface area contributed by atoms with Crippen molar-refractivity contribution in [3.8, 4) is 33.4 Å². The van der Waals surface area contributed by atoms with Crippen LogP contribution in [0.4, 0.5) is 0 Å². The van der Waals surface area contributed by atoms with Crippen molar-refractivity contribution >= 4 is 79.4 Å². The van der Waals surface area contributed by atoms with E-state index in [4.69, 9.17) is 10.2 Å². The number of aliphatic imine (C=N–C) groups is 2. The molecule has 0 bridgehead atoms. The van der Waals surface area contributed by atoms with Crippen LogP contribution < -0.4 is 16.2 Å². The molecule has 0 amide bonds. The highest BCUT2D eigenvalue weighted by molar-refractivity contribution is 6.26. The number of rotatable bonds is 8. The highest BCUT2D eigenvalue weighted by atomic mass is 16.3. The molecule has 0 aliphatic heterocycles. The maximum atomic E-state index is 6.53. The average Bonchev–Trinajstić information content (AvgIpc) is 3.51. The van der Waals surface area contributed by atoms with Gasteiger partial charge >= 0.3 is 0 Å². The third kappa shape index (κ3) is 9.38. The Kier molecular flexibility index (Phi) is 13.5. The molecule has 0 saturated heterocycles. The number of hydrogen-bond acceptors (Lipinski definition) is 4. The van der Waals surface area contributed by atoms with Crippen LogP contribution in [-0.4, -0.2) is 20.0 Å². The lowest BCUT2D eigenvalue weighted by Gasteiger charge is -2.14. The van der Waals surface area contributed by atoms with Crippen molar-refractivity contribution in [3.05, 3.63) is 239 Å². The van der Waals surface area contributed by atoms with Crippen LogP contribution in [0.25, 0.3) is 99.4 Å². The lowest BCUT2D eigenvalue weighted by molar-refractivity contribution is 0.491. The Morgan fingerprint density at radius 3 is 1.59 bits per heavy atom. The number of benzene rings is 9. The Bertz CT molecular complexity index is 3940. The quantitative estimate of drug-likeness (QED) is 0.0937. The monoisotopic (exact) mass is 919 g/mol. The van der Waals surface area contributed by atoms with E-state index in [-0.39, 0.29) is 0 Å². The zero-order valence-corrected chi connectivity index (χ0v) is 40.7. The summed E-state index contributed by atoms with van der Waals surface area (Å²) in [7, 11) is 0. The predicted molar refractivity (Wildman–Crippen MR) is 307 cm³/mol. The Labute approximate surface area is 416 Å². The van der Waals surface area contributed by atoms with Crippen LogP contribution in [-0.2, 0) is 12.8 Å². The molecular formula is C67H57N3O. The first kappa shape index (κ1) is 46.3. The summed E-state index contributed by atoms with van der Waals surface area (Å²) in [5.41, 5.74) is 16.7. The van der Waals surface area contributed by atoms with Crippen LogP contribution in [0.15, 0.2) is 220 Å². The van der Waals surface area contributed by atoms with Crippen molar-refractivity contribution in [3.63, 3.8) is 0 Å². The van der Waals surface area contributed by atoms with E-state index in [0.717, 1.165) is 53.2 Å². The largest absolute Gasteiger partial charge is 0.464 e. The van der Waals surface area contributed by atoms with Gasteiger partial charge in [-0.05, 0) is 157 Å². The smallest absolute Gasteiger partial charge is 0.122 e. The maximum absolute atomic E-state index is 6.53. The number of furan rings is 1. The predicted octanol–water partition coefficient (Wildman–Crippen LogP) is 15.7. The Hall–Kier alpha value is -8.44. The van der Waals surface area contributed by atoms with Gasteiger partial charge in [0.25, 0.3) is 0 Å². The van der Waals surface area contributed by atoms with E-state index in [1.807, 2.05) is 62.4 Å². The molecule has 12 rings (SSSR count). The van der Waals surface area contributed by atoms with Crippen LogP contribution in [0.5, 0.6) is 0 Å². The molecule has 9 aromatic carbocycles. The molecule has 2 aliphatic rings. The zero-order valence-electron chi connectivity index (χ0n) is 40.7. The van der Waals surface area contributed by atoms with E-state index in [0.29, 0.717) is 0 Å². The fourth-order valence-corrected chi connectivity index (χ4v) is 10.1. The molecule has 10 aromatic rings. The molecule has 2 N–H and O–H groups in total. The summed E-state index contributed by atoms with van der Waals surface area (Å²) in [4.78, 5) is 7.77. The number of hydrogen-bond donors (Lipinski definition) is 1. The van der Waals surface area contributed by atoms with E-state index in [9.17, 15) is 0 Å². The molecule has 1 aromatic heterocycles. The molecule has 4 heteroatoms. The molecule has 4 nitrogen and oxygen atoms in total. The van der Waals surface area contributed by atoms with Gasteiger partial charge in [0.05, 0.1) is 6.54 Å². The number of aryl methyl sites for hydroxylation is 1. The molecule has 1 atom stereocenters. The van der Waals surface area contributed by atoms with Crippen LogP contribution in [0.1, 0.15) is 42.7 Å². The van der Waals surface area contributed by atoms with Crippen LogP contribution in [0.3, 0.4) is 0 Å². The number of fused-ring (bicyclic) bond motifs is 9. The fraction of sp³-hybridized carbons (Fsp3) is 0.104. The maximum Gasteiger partial charge on any atom is 0.122 e. The highest BCUT2D eigenvalue weighted by Crippen LogP contribution is 2.40. The highest BCUT2D eigenvalue weighted by Gasteiger charge is 2.20. The number of nitrogens with two attached hydrogens (primary N) is 1. The van der Waals surface area contributed by atoms with Crippen molar-refractivity contribution in [2.75, 3.05) is 6.54 Å². The van der Waals surface area contributed by atoms with Gasteiger partial charge in [0.15, 0.2) is 0 Å². The summed E-state index contributed by atoms with van der Waals surface area (Å²) in [6.45, 7) is 13.9. The Morgan fingerprint density at radius 2 is 1.06 bits per heavy atom. The summed E-state index contributed by atoms with van der Waals surface area (Å²) < 4.78 is 6.53. The van der Waals surface area contributed by atoms with Gasteiger partial charge in [-0.2, -0.15) is 0 Å². The fourth-order valence-electron chi connectivity index (χ4n) is 10.1. The molecule has 1 unspecified atom stereocenters. The first-order chi connectivity index (χ1) is 34.8. The average molecular weight is 920 g/mol. The van der Waals surface area contributed by atoms with Gasteiger partial charge in [-0.15, -0.1) is 0 Å². The van der Waals surface area contributed by atoms with Crippen molar-refractivity contribution in [2.24, 2.45) is 15.7 Å². The molecule has 71 heavy (non-hydrogen) atoms. The van der Waals surface area contributed by atoms with E-state index in [1.165, 1.54) is 92.1 Å². The molecule has 1 heterocycles. The Balaban J connectivity index is 0.000000313. The molecule has 0 spiro atoms. The first-order valence-electron chi connectivity index (χ1n) is 24.4. The number of nitrogens with zero attached hydrogens (tertiary/aromatic N) is 2. The second-order valence-corrected chi connectivity index (χ2v) is 18.4. The molecule has 2 aliphatic carbocycles. The van der Waals surface area contributed by atoms with E-state index >= 15 is 0 Å².